The maximum Gasteiger partial charge on any atom is 0.137 e. The molecule has 0 aliphatic carbocycles. The number of hydrogen-bond donors (Lipinski definition) is 2. The molecule has 0 spiro atoms. The van der Waals surface area contributed by atoms with Crippen LogP contribution in [0.2, 0.25) is 0 Å². The number of anilines is 2. The van der Waals surface area contributed by atoms with Crippen molar-refractivity contribution < 1.29 is 5.11 Å². The number of aliphatic hydroxyl groups is 1. The molecule has 0 radical (unpaired) electrons. The van der Waals surface area contributed by atoms with Gasteiger partial charge >= 0.3 is 0 Å². The third-order valence-electron chi connectivity index (χ3n) is 3.47. The number of nitrogens with zero attached hydrogens (tertiary/aromatic N) is 3. The summed E-state index contributed by atoms with van der Waals surface area (Å²) >= 11 is 0. The van der Waals surface area contributed by atoms with Crippen LogP contribution in [0.4, 0.5) is 11.6 Å². The number of piperidine rings is 1. The molecule has 0 aromatic carbocycles. The molecule has 1 aliphatic heterocycles. The molecule has 2 rings (SSSR count). The Kier molecular flexibility index (Phi) is 3.47. The van der Waals surface area contributed by atoms with Crippen molar-refractivity contribution in [1.29, 1.82) is 0 Å². The topological polar surface area (TPSA) is 75.3 Å². The van der Waals surface area contributed by atoms with E-state index in [1.165, 1.54) is 6.33 Å². The van der Waals surface area contributed by atoms with Gasteiger partial charge in [0, 0.05) is 18.7 Å². The summed E-state index contributed by atoms with van der Waals surface area (Å²) < 4.78 is 0. The zero-order valence-electron chi connectivity index (χ0n) is 10.4. The van der Waals surface area contributed by atoms with Crippen LogP contribution >= 0.6 is 0 Å². The van der Waals surface area contributed by atoms with E-state index in [0.717, 1.165) is 37.3 Å². The molecular weight excluding hydrogens is 216 g/mol. The molecule has 5 heteroatoms. The lowest BCUT2D eigenvalue weighted by atomic mass is 9.96. The van der Waals surface area contributed by atoms with E-state index in [-0.39, 0.29) is 12.0 Å². The molecule has 1 aromatic rings. The first-order valence-corrected chi connectivity index (χ1v) is 6.15. The number of hydrogen-bond acceptors (Lipinski definition) is 5. The summed E-state index contributed by atoms with van der Waals surface area (Å²) in [5.41, 5.74) is 6.88. The largest absolute Gasteiger partial charge is 0.393 e. The van der Waals surface area contributed by atoms with E-state index < -0.39 is 0 Å². The lowest BCUT2D eigenvalue weighted by Crippen LogP contribution is -2.42. The van der Waals surface area contributed by atoms with Crippen LogP contribution in [-0.4, -0.2) is 34.3 Å². The van der Waals surface area contributed by atoms with Gasteiger partial charge in [0.05, 0.1) is 6.10 Å². The first-order valence-electron chi connectivity index (χ1n) is 6.15. The maximum atomic E-state index is 9.74. The number of nitrogen functional groups attached to an aromatic ring is 1. The van der Waals surface area contributed by atoms with Crippen LogP contribution < -0.4 is 10.6 Å². The predicted molar refractivity (Wildman–Crippen MR) is 67.8 cm³/mol. The van der Waals surface area contributed by atoms with Gasteiger partial charge in [0.15, 0.2) is 0 Å². The van der Waals surface area contributed by atoms with Crippen LogP contribution in [0, 0.1) is 5.92 Å². The van der Waals surface area contributed by atoms with E-state index in [1.54, 1.807) is 0 Å². The standard InChI is InChI=1S/C12H20N4O/c1-3-9-11(13)14-7-15-12(9)16-5-4-10(17)8(2)6-16/h7-8,10,17H,3-6H2,1-2H3,(H2,13,14,15). The van der Waals surface area contributed by atoms with Gasteiger partial charge in [-0.15, -0.1) is 0 Å². The predicted octanol–water partition coefficient (Wildman–Crippen LogP) is 0.828. The first-order chi connectivity index (χ1) is 8.13. The van der Waals surface area contributed by atoms with Crippen molar-refractivity contribution in [1.82, 2.24) is 9.97 Å². The molecule has 2 heterocycles. The minimum Gasteiger partial charge on any atom is -0.393 e. The SMILES string of the molecule is CCc1c(N)ncnc1N1CCC(O)C(C)C1. The zero-order chi connectivity index (χ0) is 12.4. The van der Waals surface area contributed by atoms with Gasteiger partial charge in [-0.05, 0) is 18.8 Å². The summed E-state index contributed by atoms with van der Waals surface area (Å²) in [4.78, 5) is 10.6. The summed E-state index contributed by atoms with van der Waals surface area (Å²) in [7, 11) is 0. The molecule has 17 heavy (non-hydrogen) atoms. The van der Waals surface area contributed by atoms with Crippen LogP contribution in [0.1, 0.15) is 25.8 Å². The molecule has 94 valence electrons. The van der Waals surface area contributed by atoms with Crippen molar-refractivity contribution in [3.8, 4) is 0 Å². The van der Waals surface area contributed by atoms with Crippen LogP contribution in [0.5, 0.6) is 0 Å². The quantitative estimate of drug-likeness (QED) is 0.795. The Bertz CT molecular complexity index is 396. The molecule has 0 amide bonds. The maximum absolute atomic E-state index is 9.74. The van der Waals surface area contributed by atoms with Gasteiger partial charge < -0.3 is 15.7 Å². The van der Waals surface area contributed by atoms with Gasteiger partial charge in [-0.1, -0.05) is 13.8 Å². The zero-order valence-corrected chi connectivity index (χ0v) is 10.4. The summed E-state index contributed by atoms with van der Waals surface area (Å²) in [5.74, 6) is 1.76. The van der Waals surface area contributed by atoms with Gasteiger partial charge in [-0.3, -0.25) is 0 Å². The normalized spacial score (nSPS) is 25.0. The summed E-state index contributed by atoms with van der Waals surface area (Å²) in [6, 6.07) is 0. The summed E-state index contributed by atoms with van der Waals surface area (Å²) in [5, 5.41) is 9.74. The first kappa shape index (κ1) is 12.1. The fourth-order valence-electron chi connectivity index (χ4n) is 2.35. The lowest BCUT2D eigenvalue weighted by molar-refractivity contribution is 0.0968. The molecule has 5 nitrogen and oxygen atoms in total. The fraction of sp³-hybridized carbons (Fsp3) is 0.667. The molecule has 2 atom stereocenters. The second-order valence-corrected chi connectivity index (χ2v) is 4.69. The van der Waals surface area contributed by atoms with Gasteiger partial charge in [0.25, 0.3) is 0 Å². The number of nitrogens with two attached hydrogens (primary N) is 1. The van der Waals surface area contributed by atoms with Gasteiger partial charge in [0.1, 0.15) is 18.0 Å². The smallest absolute Gasteiger partial charge is 0.137 e. The Labute approximate surface area is 102 Å². The van der Waals surface area contributed by atoms with Gasteiger partial charge in [0.2, 0.25) is 0 Å². The Morgan fingerprint density at radius 1 is 1.53 bits per heavy atom. The van der Waals surface area contributed by atoms with Gasteiger partial charge in [-0.25, -0.2) is 9.97 Å². The van der Waals surface area contributed by atoms with Crippen molar-refractivity contribution >= 4 is 11.6 Å². The molecule has 1 aliphatic rings. The van der Waals surface area contributed by atoms with E-state index in [0.29, 0.717) is 5.82 Å². The van der Waals surface area contributed by atoms with Crippen molar-refractivity contribution in [3.63, 3.8) is 0 Å². The molecule has 1 fully saturated rings. The van der Waals surface area contributed by atoms with Crippen LogP contribution in [0.15, 0.2) is 6.33 Å². The Balaban J connectivity index is 2.25. The second kappa shape index (κ2) is 4.87. The summed E-state index contributed by atoms with van der Waals surface area (Å²) in [6.07, 6.45) is 2.93. The molecular formula is C12H20N4O. The van der Waals surface area contributed by atoms with Crippen LogP contribution in [-0.2, 0) is 6.42 Å². The van der Waals surface area contributed by atoms with E-state index in [4.69, 9.17) is 5.73 Å². The average molecular weight is 236 g/mol. The van der Waals surface area contributed by atoms with Gasteiger partial charge in [-0.2, -0.15) is 0 Å². The Hall–Kier alpha value is -1.36. The highest BCUT2D eigenvalue weighted by molar-refractivity contribution is 5.56. The monoisotopic (exact) mass is 236 g/mol. The highest BCUT2D eigenvalue weighted by Gasteiger charge is 2.26. The minimum atomic E-state index is -0.199. The molecule has 0 saturated carbocycles. The average Bonchev–Trinajstić information content (AvgIpc) is 2.32. The van der Waals surface area contributed by atoms with E-state index >= 15 is 0 Å². The molecule has 3 N–H and O–H groups in total. The minimum absolute atomic E-state index is 0.199. The highest BCUT2D eigenvalue weighted by Crippen LogP contribution is 2.26. The van der Waals surface area contributed by atoms with Crippen molar-refractivity contribution in [2.45, 2.75) is 32.8 Å². The molecule has 2 unspecified atom stereocenters. The highest BCUT2D eigenvalue weighted by atomic mass is 16.3. The molecule has 1 aromatic heterocycles. The Morgan fingerprint density at radius 2 is 2.29 bits per heavy atom. The molecule has 0 bridgehead atoms. The number of rotatable bonds is 2. The van der Waals surface area contributed by atoms with Crippen molar-refractivity contribution in [2.75, 3.05) is 23.7 Å². The lowest BCUT2D eigenvalue weighted by Gasteiger charge is -2.36. The van der Waals surface area contributed by atoms with E-state index in [1.807, 2.05) is 0 Å². The van der Waals surface area contributed by atoms with Crippen LogP contribution in [0.3, 0.4) is 0 Å². The second-order valence-electron chi connectivity index (χ2n) is 4.69. The fourth-order valence-corrected chi connectivity index (χ4v) is 2.35. The van der Waals surface area contributed by atoms with Crippen molar-refractivity contribution in [3.05, 3.63) is 11.9 Å². The van der Waals surface area contributed by atoms with Crippen LogP contribution in [0.25, 0.3) is 0 Å². The third-order valence-corrected chi connectivity index (χ3v) is 3.47. The number of aliphatic hydroxyl groups excluding tert-OH is 1. The number of aromatic nitrogens is 2. The van der Waals surface area contributed by atoms with E-state index in [2.05, 4.69) is 28.7 Å². The summed E-state index contributed by atoms with van der Waals surface area (Å²) in [6.45, 7) is 5.77. The third kappa shape index (κ3) is 2.34. The molecule has 1 saturated heterocycles. The Morgan fingerprint density at radius 3 is 2.94 bits per heavy atom. The van der Waals surface area contributed by atoms with E-state index in [9.17, 15) is 5.11 Å². The van der Waals surface area contributed by atoms with Crippen molar-refractivity contribution in [2.24, 2.45) is 5.92 Å².